The van der Waals surface area contributed by atoms with Gasteiger partial charge in [-0.05, 0) is 48.9 Å². The molecule has 0 radical (unpaired) electrons. The number of carboxylic acid groups (broad SMARTS) is 1. The zero-order valence-corrected chi connectivity index (χ0v) is 14.1. The fraction of sp³-hybridized carbons (Fsp3) is 0.182. The van der Waals surface area contributed by atoms with Gasteiger partial charge in [0.05, 0.1) is 5.52 Å². The van der Waals surface area contributed by atoms with Crippen molar-refractivity contribution < 1.29 is 9.90 Å². The molecule has 0 aliphatic heterocycles. The van der Waals surface area contributed by atoms with Gasteiger partial charge in [0, 0.05) is 17.2 Å². The van der Waals surface area contributed by atoms with Gasteiger partial charge in [0.15, 0.2) is 0 Å². The Morgan fingerprint density at radius 2 is 1.76 bits per heavy atom. The number of benzene rings is 2. The van der Waals surface area contributed by atoms with E-state index in [4.69, 9.17) is 10.1 Å². The van der Waals surface area contributed by atoms with Crippen LogP contribution in [0, 0.1) is 0 Å². The van der Waals surface area contributed by atoms with Gasteiger partial charge in [0.1, 0.15) is 0 Å². The number of hydrogen-bond acceptors (Lipinski definition) is 2. The van der Waals surface area contributed by atoms with Crippen molar-refractivity contribution in [2.75, 3.05) is 0 Å². The number of unbranched alkanes of at least 4 members (excludes halogenated alkanes) is 2. The Kier molecular flexibility index (Phi) is 5.57. The van der Waals surface area contributed by atoms with Crippen molar-refractivity contribution in [1.29, 1.82) is 0 Å². The first-order chi connectivity index (χ1) is 12.2. The van der Waals surface area contributed by atoms with Crippen LogP contribution in [0.25, 0.3) is 22.0 Å². The zero-order valence-electron chi connectivity index (χ0n) is 14.1. The Hall–Kier alpha value is -2.94. The second-order valence-electron chi connectivity index (χ2n) is 6.03. The number of hydrogen-bond donors (Lipinski definition) is 1. The number of carboxylic acids is 1. The van der Waals surface area contributed by atoms with Gasteiger partial charge < -0.3 is 5.11 Å². The molecule has 3 nitrogen and oxygen atoms in total. The van der Waals surface area contributed by atoms with E-state index in [2.05, 4.69) is 42.5 Å². The number of allylic oxidation sites excluding steroid dienone is 1. The van der Waals surface area contributed by atoms with Crippen LogP contribution in [-0.4, -0.2) is 16.1 Å². The van der Waals surface area contributed by atoms with E-state index in [9.17, 15) is 4.79 Å². The molecular weight excluding hydrogens is 310 g/mol. The van der Waals surface area contributed by atoms with Gasteiger partial charge in [-0.3, -0.25) is 4.98 Å². The Labute approximate surface area is 147 Å². The smallest absolute Gasteiger partial charge is 0.327 e. The zero-order chi connectivity index (χ0) is 17.5. The Morgan fingerprint density at radius 1 is 1.00 bits per heavy atom. The molecule has 0 spiro atoms. The summed E-state index contributed by atoms with van der Waals surface area (Å²) < 4.78 is 0. The lowest BCUT2D eigenvalue weighted by atomic mass is 9.99. The summed E-state index contributed by atoms with van der Waals surface area (Å²) >= 11 is 0. The normalized spacial score (nSPS) is 11.2. The summed E-state index contributed by atoms with van der Waals surface area (Å²) in [6.45, 7) is 0. The summed E-state index contributed by atoms with van der Waals surface area (Å²) in [6.07, 6.45) is 6.55. The van der Waals surface area contributed by atoms with Crippen LogP contribution in [0.2, 0.25) is 0 Å². The van der Waals surface area contributed by atoms with Crippen molar-refractivity contribution in [3.63, 3.8) is 0 Å². The molecule has 0 saturated carbocycles. The van der Waals surface area contributed by atoms with E-state index < -0.39 is 5.97 Å². The lowest BCUT2D eigenvalue weighted by Gasteiger charge is -2.10. The van der Waals surface area contributed by atoms with E-state index in [1.165, 1.54) is 22.6 Å². The van der Waals surface area contributed by atoms with E-state index in [1.807, 2.05) is 18.2 Å². The van der Waals surface area contributed by atoms with Crippen molar-refractivity contribution >= 4 is 16.9 Å². The van der Waals surface area contributed by atoms with Gasteiger partial charge >= 0.3 is 5.97 Å². The molecule has 1 aromatic heterocycles. The molecule has 0 bridgehead atoms. The second-order valence-corrected chi connectivity index (χ2v) is 6.03. The number of aliphatic carboxylic acids is 1. The predicted molar refractivity (Wildman–Crippen MR) is 102 cm³/mol. The molecule has 0 atom stereocenters. The third kappa shape index (κ3) is 4.54. The topological polar surface area (TPSA) is 50.2 Å². The van der Waals surface area contributed by atoms with Crippen molar-refractivity contribution in [2.45, 2.75) is 25.7 Å². The fourth-order valence-corrected chi connectivity index (χ4v) is 2.97. The summed E-state index contributed by atoms with van der Waals surface area (Å²) in [4.78, 5) is 15.2. The standard InChI is InChI=1S/C22H21NO2/c24-22(25)15-7-2-1-6-12-18-16-20(17-10-4-3-5-11-17)19-13-8-9-14-21(19)23-18/h3-5,7-11,13-16H,1-2,6,12H2,(H,24,25). The van der Waals surface area contributed by atoms with E-state index in [-0.39, 0.29) is 0 Å². The average molecular weight is 331 g/mol. The molecule has 3 rings (SSSR count). The van der Waals surface area contributed by atoms with E-state index in [0.717, 1.165) is 36.9 Å². The number of pyridine rings is 1. The van der Waals surface area contributed by atoms with Gasteiger partial charge in [-0.25, -0.2) is 4.79 Å². The Balaban J connectivity index is 1.79. The molecule has 126 valence electrons. The maximum Gasteiger partial charge on any atom is 0.327 e. The Morgan fingerprint density at radius 3 is 2.56 bits per heavy atom. The van der Waals surface area contributed by atoms with Crippen LogP contribution in [0.3, 0.4) is 0 Å². The van der Waals surface area contributed by atoms with Gasteiger partial charge in [0.25, 0.3) is 0 Å². The van der Waals surface area contributed by atoms with Crippen molar-refractivity contribution in [3.05, 3.63) is 78.5 Å². The molecule has 0 amide bonds. The monoisotopic (exact) mass is 331 g/mol. The summed E-state index contributed by atoms with van der Waals surface area (Å²) in [7, 11) is 0. The molecule has 2 aromatic carbocycles. The largest absolute Gasteiger partial charge is 0.478 e. The van der Waals surface area contributed by atoms with Gasteiger partial charge in [-0.15, -0.1) is 0 Å². The highest BCUT2D eigenvalue weighted by Gasteiger charge is 2.07. The van der Waals surface area contributed by atoms with Crippen LogP contribution in [0.4, 0.5) is 0 Å². The molecule has 3 heteroatoms. The minimum Gasteiger partial charge on any atom is -0.478 e. The molecule has 3 aromatic rings. The molecule has 0 fully saturated rings. The second kappa shape index (κ2) is 8.25. The first-order valence-corrected chi connectivity index (χ1v) is 8.57. The number of rotatable bonds is 7. The van der Waals surface area contributed by atoms with E-state index in [1.54, 1.807) is 6.08 Å². The van der Waals surface area contributed by atoms with Crippen LogP contribution in [-0.2, 0) is 11.2 Å². The first-order valence-electron chi connectivity index (χ1n) is 8.57. The number of fused-ring (bicyclic) bond motifs is 1. The maximum absolute atomic E-state index is 10.5. The number of para-hydroxylation sites is 1. The molecule has 0 aliphatic carbocycles. The number of aromatic nitrogens is 1. The molecule has 0 saturated heterocycles. The summed E-state index contributed by atoms with van der Waals surface area (Å²) in [6, 6.07) is 20.8. The van der Waals surface area contributed by atoms with Crippen molar-refractivity contribution in [1.82, 2.24) is 4.98 Å². The lowest BCUT2D eigenvalue weighted by Crippen LogP contribution is -1.94. The minimum atomic E-state index is -0.885. The fourth-order valence-electron chi connectivity index (χ4n) is 2.97. The number of aryl methyl sites for hydroxylation is 1. The van der Waals surface area contributed by atoms with E-state index >= 15 is 0 Å². The highest BCUT2D eigenvalue weighted by Crippen LogP contribution is 2.28. The van der Waals surface area contributed by atoms with Crippen LogP contribution in [0.15, 0.2) is 72.8 Å². The van der Waals surface area contributed by atoms with Crippen LogP contribution in [0.5, 0.6) is 0 Å². The first kappa shape index (κ1) is 16.9. The molecule has 25 heavy (non-hydrogen) atoms. The molecule has 0 unspecified atom stereocenters. The summed E-state index contributed by atoms with van der Waals surface area (Å²) in [5.74, 6) is -0.885. The Bertz CT molecular complexity index is 885. The van der Waals surface area contributed by atoms with Gasteiger partial charge in [-0.2, -0.15) is 0 Å². The molecular formula is C22H21NO2. The van der Waals surface area contributed by atoms with Crippen LogP contribution >= 0.6 is 0 Å². The summed E-state index contributed by atoms with van der Waals surface area (Å²) in [5, 5.41) is 9.76. The molecule has 0 aliphatic rings. The third-order valence-electron chi connectivity index (χ3n) is 4.17. The quantitative estimate of drug-likeness (QED) is 0.475. The SMILES string of the molecule is O=C(O)C=CCCCCc1cc(-c2ccccc2)c2ccccc2n1. The average Bonchev–Trinajstić information content (AvgIpc) is 2.64. The highest BCUT2D eigenvalue weighted by molar-refractivity contribution is 5.94. The van der Waals surface area contributed by atoms with Crippen LogP contribution in [0.1, 0.15) is 25.0 Å². The maximum atomic E-state index is 10.5. The predicted octanol–water partition coefficient (Wildman–Crippen LogP) is 5.26. The summed E-state index contributed by atoms with van der Waals surface area (Å²) in [5.41, 5.74) is 4.52. The van der Waals surface area contributed by atoms with Gasteiger partial charge in [0.2, 0.25) is 0 Å². The van der Waals surface area contributed by atoms with Crippen molar-refractivity contribution in [2.24, 2.45) is 0 Å². The third-order valence-corrected chi connectivity index (χ3v) is 4.17. The lowest BCUT2D eigenvalue weighted by molar-refractivity contribution is -0.131. The van der Waals surface area contributed by atoms with Crippen LogP contribution < -0.4 is 0 Å². The minimum absolute atomic E-state index is 0.783. The highest BCUT2D eigenvalue weighted by atomic mass is 16.4. The van der Waals surface area contributed by atoms with Gasteiger partial charge in [-0.1, -0.05) is 54.6 Å². The molecule has 1 heterocycles. The van der Waals surface area contributed by atoms with E-state index in [0.29, 0.717) is 0 Å². The molecule has 1 N–H and O–H groups in total. The number of carbonyl (C=O) groups is 1. The van der Waals surface area contributed by atoms with Crippen molar-refractivity contribution in [3.8, 4) is 11.1 Å². The number of nitrogens with zero attached hydrogens (tertiary/aromatic N) is 1.